The molecule has 7 nitrogen and oxygen atoms in total. The Kier molecular flexibility index (Phi) is 6.13. The number of nitrogens with one attached hydrogen (secondary N) is 1. The van der Waals surface area contributed by atoms with Crippen LogP contribution in [0.1, 0.15) is 23.2 Å². The zero-order chi connectivity index (χ0) is 20.9. The molecule has 0 aliphatic carbocycles. The predicted molar refractivity (Wildman–Crippen MR) is 117 cm³/mol. The first-order valence-electron chi connectivity index (χ1n) is 9.69. The van der Waals surface area contributed by atoms with E-state index in [1.54, 1.807) is 29.6 Å². The molecule has 3 aromatic rings. The van der Waals surface area contributed by atoms with Gasteiger partial charge in [-0.25, -0.2) is 15.0 Å². The van der Waals surface area contributed by atoms with Crippen LogP contribution in [-0.2, 0) is 4.79 Å². The fourth-order valence-corrected chi connectivity index (χ4v) is 3.61. The van der Waals surface area contributed by atoms with Crippen molar-refractivity contribution < 1.29 is 9.59 Å². The number of nitrogens with zero attached hydrogens (tertiary/aromatic N) is 4. The maximum atomic E-state index is 12.8. The number of likely N-dealkylation sites (tertiary alicyclic amines) is 1. The van der Waals surface area contributed by atoms with Crippen LogP contribution in [0.15, 0.2) is 65.5 Å². The van der Waals surface area contributed by atoms with E-state index in [9.17, 15) is 9.59 Å². The first-order valence-corrected chi connectivity index (χ1v) is 10.5. The minimum Gasteiger partial charge on any atom is -0.339 e. The van der Waals surface area contributed by atoms with E-state index in [0.717, 1.165) is 10.0 Å². The van der Waals surface area contributed by atoms with Gasteiger partial charge in [-0.15, -0.1) is 0 Å². The first kappa shape index (κ1) is 20.2. The number of aromatic nitrogens is 3. The summed E-state index contributed by atoms with van der Waals surface area (Å²) in [5.74, 6) is 0.799. The van der Waals surface area contributed by atoms with Gasteiger partial charge in [-0.2, -0.15) is 0 Å². The van der Waals surface area contributed by atoms with Crippen LogP contribution in [0, 0.1) is 5.92 Å². The smallest absolute Gasteiger partial charge is 0.256 e. The molecule has 0 spiro atoms. The van der Waals surface area contributed by atoms with Crippen molar-refractivity contribution in [2.45, 2.75) is 12.8 Å². The maximum Gasteiger partial charge on any atom is 0.256 e. The van der Waals surface area contributed by atoms with Crippen molar-refractivity contribution in [3.8, 4) is 11.4 Å². The minimum atomic E-state index is -0.142. The Morgan fingerprint density at radius 2 is 1.63 bits per heavy atom. The summed E-state index contributed by atoms with van der Waals surface area (Å²) in [6.07, 6.45) is 5.99. The fraction of sp³-hybridized carbons (Fsp3) is 0.227. The summed E-state index contributed by atoms with van der Waals surface area (Å²) in [7, 11) is 0. The highest BCUT2D eigenvalue weighted by molar-refractivity contribution is 9.10. The molecule has 4 rings (SSSR count). The Balaban J connectivity index is 1.32. The van der Waals surface area contributed by atoms with Gasteiger partial charge in [0.05, 0.1) is 5.56 Å². The third kappa shape index (κ3) is 4.71. The number of halogens is 1. The molecule has 3 heterocycles. The van der Waals surface area contributed by atoms with E-state index < -0.39 is 0 Å². The van der Waals surface area contributed by atoms with Gasteiger partial charge in [0.2, 0.25) is 5.91 Å². The number of pyridine rings is 1. The normalized spacial score (nSPS) is 14.4. The molecule has 0 radical (unpaired) electrons. The second-order valence-corrected chi connectivity index (χ2v) is 7.99. The van der Waals surface area contributed by atoms with Crippen LogP contribution >= 0.6 is 15.9 Å². The largest absolute Gasteiger partial charge is 0.339 e. The zero-order valence-electron chi connectivity index (χ0n) is 16.2. The van der Waals surface area contributed by atoms with Gasteiger partial charge in [0, 0.05) is 47.6 Å². The standard InChI is InChI=1S/C22H20BrN5O2/c23-18-6-7-19(24-14-18)27-21(29)16-8-10-28(11-9-16)22(30)17-12-25-20(26-13-17)15-4-2-1-3-5-15/h1-7,12-14,16H,8-11H2,(H,24,27,29). The summed E-state index contributed by atoms with van der Waals surface area (Å²) in [6.45, 7) is 1.04. The second kappa shape index (κ2) is 9.13. The summed E-state index contributed by atoms with van der Waals surface area (Å²) < 4.78 is 0.855. The highest BCUT2D eigenvalue weighted by Gasteiger charge is 2.28. The average molecular weight is 466 g/mol. The number of piperidine rings is 1. The third-order valence-corrected chi connectivity index (χ3v) is 5.53. The Morgan fingerprint density at radius 3 is 2.27 bits per heavy atom. The number of amides is 2. The molecule has 2 aromatic heterocycles. The van der Waals surface area contributed by atoms with Crippen molar-refractivity contribution >= 4 is 33.6 Å². The topological polar surface area (TPSA) is 88.1 Å². The second-order valence-electron chi connectivity index (χ2n) is 7.08. The highest BCUT2D eigenvalue weighted by Crippen LogP contribution is 2.21. The molecule has 1 saturated heterocycles. The van der Waals surface area contributed by atoms with Crippen LogP contribution < -0.4 is 5.32 Å². The lowest BCUT2D eigenvalue weighted by Gasteiger charge is -2.31. The number of anilines is 1. The summed E-state index contributed by atoms with van der Waals surface area (Å²) in [5, 5.41) is 2.84. The lowest BCUT2D eigenvalue weighted by atomic mass is 9.95. The molecule has 152 valence electrons. The van der Waals surface area contributed by atoms with Gasteiger partial charge in [-0.3, -0.25) is 9.59 Å². The summed E-state index contributed by atoms with van der Waals surface area (Å²) in [5.41, 5.74) is 1.36. The predicted octanol–water partition coefficient (Wildman–Crippen LogP) is 3.79. The number of carbonyl (C=O) groups is 2. The van der Waals surface area contributed by atoms with Crippen molar-refractivity contribution in [3.05, 3.63) is 71.1 Å². The molecule has 1 aliphatic rings. The monoisotopic (exact) mass is 465 g/mol. The molecule has 0 bridgehead atoms. The van der Waals surface area contributed by atoms with Crippen LogP contribution in [0.5, 0.6) is 0 Å². The van der Waals surface area contributed by atoms with Crippen LogP contribution in [0.4, 0.5) is 5.82 Å². The van der Waals surface area contributed by atoms with Crippen molar-refractivity contribution in [2.24, 2.45) is 5.92 Å². The third-order valence-electron chi connectivity index (χ3n) is 5.06. The van der Waals surface area contributed by atoms with E-state index >= 15 is 0 Å². The molecule has 0 saturated carbocycles. The van der Waals surface area contributed by atoms with Crippen molar-refractivity contribution in [1.29, 1.82) is 0 Å². The lowest BCUT2D eigenvalue weighted by Crippen LogP contribution is -2.41. The molecule has 1 fully saturated rings. The van der Waals surface area contributed by atoms with Gasteiger partial charge in [0.15, 0.2) is 5.82 Å². The number of benzene rings is 1. The number of hydrogen-bond donors (Lipinski definition) is 1. The Labute approximate surface area is 182 Å². The molecule has 1 aliphatic heterocycles. The average Bonchev–Trinajstić information content (AvgIpc) is 2.81. The van der Waals surface area contributed by atoms with Gasteiger partial charge in [-0.1, -0.05) is 30.3 Å². The van der Waals surface area contributed by atoms with Gasteiger partial charge < -0.3 is 10.2 Å². The highest BCUT2D eigenvalue weighted by atomic mass is 79.9. The fourth-order valence-electron chi connectivity index (χ4n) is 3.38. The molecular formula is C22H20BrN5O2. The van der Waals surface area contributed by atoms with Crippen LogP contribution in [0.2, 0.25) is 0 Å². The van der Waals surface area contributed by atoms with E-state index in [-0.39, 0.29) is 17.7 Å². The van der Waals surface area contributed by atoms with Crippen molar-refractivity contribution in [2.75, 3.05) is 18.4 Å². The zero-order valence-corrected chi connectivity index (χ0v) is 17.7. The maximum absolute atomic E-state index is 12.8. The van der Waals surface area contributed by atoms with Gasteiger partial charge >= 0.3 is 0 Å². The van der Waals surface area contributed by atoms with E-state index in [2.05, 4.69) is 36.2 Å². The van der Waals surface area contributed by atoms with Crippen LogP contribution in [0.25, 0.3) is 11.4 Å². The Morgan fingerprint density at radius 1 is 0.933 bits per heavy atom. The molecule has 2 amide bonds. The van der Waals surface area contributed by atoms with E-state index in [4.69, 9.17) is 0 Å². The molecule has 1 aromatic carbocycles. The number of carbonyl (C=O) groups excluding carboxylic acids is 2. The molecule has 8 heteroatoms. The molecule has 30 heavy (non-hydrogen) atoms. The van der Waals surface area contributed by atoms with Crippen LogP contribution in [-0.4, -0.2) is 44.8 Å². The first-order chi connectivity index (χ1) is 14.6. The molecule has 0 unspecified atom stereocenters. The molecular weight excluding hydrogens is 446 g/mol. The quantitative estimate of drug-likeness (QED) is 0.632. The number of rotatable bonds is 4. The van der Waals surface area contributed by atoms with Crippen molar-refractivity contribution in [3.63, 3.8) is 0 Å². The van der Waals surface area contributed by atoms with Gasteiger partial charge in [-0.05, 0) is 40.9 Å². The molecule has 0 atom stereocenters. The summed E-state index contributed by atoms with van der Waals surface area (Å²) >= 11 is 3.32. The van der Waals surface area contributed by atoms with E-state index in [0.29, 0.717) is 43.1 Å². The summed E-state index contributed by atoms with van der Waals surface area (Å²) in [6, 6.07) is 13.2. The molecule has 1 N–H and O–H groups in total. The minimum absolute atomic E-state index is 0.0625. The van der Waals surface area contributed by atoms with Crippen molar-refractivity contribution in [1.82, 2.24) is 19.9 Å². The Hall–Kier alpha value is -3.13. The van der Waals surface area contributed by atoms with Crippen LogP contribution in [0.3, 0.4) is 0 Å². The summed E-state index contributed by atoms with van der Waals surface area (Å²) in [4.78, 5) is 39.8. The Bertz CT molecular complexity index is 1020. The van der Waals surface area contributed by atoms with Gasteiger partial charge in [0.25, 0.3) is 5.91 Å². The van der Waals surface area contributed by atoms with E-state index in [1.807, 2.05) is 36.4 Å². The SMILES string of the molecule is O=C(Nc1ccc(Br)cn1)C1CCN(C(=O)c2cnc(-c3ccccc3)nc2)CC1. The lowest BCUT2D eigenvalue weighted by molar-refractivity contribution is -0.121. The van der Waals surface area contributed by atoms with E-state index in [1.165, 1.54) is 0 Å². The number of hydrogen-bond acceptors (Lipinski definition) is 5. The van der Waals surface area contributed by atoms with Gasteiger partial charge in [0.1, 0.15) is 5.82 Å².